The lowest BCUT2D eigenvalue weighted by Gasteiger charge is -2.08. The van der Waals surface area contributed by atoms with Crippen LogP contribution in [0, 0.1) is 0 Å². The Kier molecular flexibility index (Phi) is 7.24. The Bertz CT molecular complexity index is 1950. The van der Waals surface area contributed by atoms with E-state index >= 15 is 0 Å². The number of para-hydroxylation sites is 1. The molecule has 2 N–H and O–H groups in total. The van der Waals surface area contributed by atoms with Crippen LogP contribution < -0.4 is 20.3 Å². The average molecular weight is 537 g/mol. The second-order valence-corrected chi connectivity index (χ2v) is 8.68. The molecule has 2 aromatic heterocycles. The van der Waals surface area contributed by atoms with Crippen LogP contribution in [-0.2, 0) is 0 Å². The number of phenols is 2. The van der Waals surface area contributed by atoms with Crippen molar-refractivity contribution in [3.8, 4) is 45.6 Å². The summed E-state index contributed by atoms with van der Waals surface area (Å²) in [4.78, 5) is 24.2. The van der Waals surface area contributed by atoms with Gasteiger partial charge in [0.1, 0.15) is 56.5 Å². The van der Waals surface area contributed by atoms with Gasteiger partial charge in [-0.3, -0.25) is 9.59 Å². The SMILES string of the molecule is COc1cccc(-c2cc(=O)c3c(O)cccc3o2)c1.COc1ccccc1-c1cc(=O)c2c(O)cccc2o1. The second kappa shape index (κ2) is 11.1. The minimum Gasteiger partial charge on any atom is -0.507 e. The molecule has 40 heavy (non-hydrogen) atoms. The van der Waals surface area contributed by atoms with Crippen molar-refractivity contribution in [2.45, 2.75) is 0 Å². The summed E-state index contributed by atoms with van der Waals surface area (Å²) in [5, 5.41) is 19.8. The van der Waals surface area contributed by atoms with E-state index in [4.69, 9.17) is 18.3 Å². The highest BCUT2D eigenvalue weighted by Crippen LogP contribution is 2.32. The predicted molar refractivity (Wildman–Crippen MR) is 152 cm³/mol. The van der Waals surface area contributed by atoms with E-state index < -0.39 is 0 Å². The van der Waals surface area contributed by atoms with E-state index in [1.807, 2.05) is 36.4 Å². The fourth-order valence-corrected chi connectivity index (χ4v) is 4.28. The van der Waals surface area contributed by atoms with Crippen molar-refractivity contribution in [2.75, 3.05) is 14.2 Å². The van der Waals surface area contributed by atoms with Gasteiger partial charge in [-0.25, -0.2) is 0 Å². The smallest absolute Gasteiger partial charge is 0.197 e. The van der Waals surface area contributed by atoms with Gasteiger partial charge >= 0.3 is 0 Å². The van der Waals surface area contributed by atoms with Gasteiger partial charge in [0.15, 0.2) is 10.9 Å². The van der Waals surface area contributed by atoms with Crippen molar-refractivity contribution in [1.29, 1.82) is 0 Å². The van der Waals surface area contributed by atoms with Crippen LogP contribution in [0.25, 0.3) is 44.6 Å². The molecule has 0 atom stereocenters. The van der Waals surface area contributed by atoms with Crippen LogP contribution in [0.15, 0.2) is 115 Å². The Hall–Kier alpha value is -5.50. The first-order chi connectivity index (χ1) is 19.4. The molecule has 0 saturated carbocycles. The topological polar surface area (TPSA) is 119 Å². The van der Waals surface area contributed by atoms with Crippen LogP contribution in [0.4, 0.5) is 0 Å². The van der Waals surface area contributed by atoms with Crippen molar-refractivity contribution in [3.05, 3.63) is 118 Å². The van der Waals surface area contributed by atoms with E-state index in [9.17, 15) is 19.8 Å². The maximum Gasteiger partial charge on any atom is 0.197 e. The molecule has 0 radical (unpaired) electrons. The van der Waals surface area contributed by atoms with Gasteiger partial charge in [-0.05, 0) is 48.5 Å². The van der Waals surface area contributed by atoms with Gasteiger partial charge in [-0.2, -0.15) is 0 Å². The molecule has 8 nitrogen and oxygen atoms in total. The first-order valence-corrected chi connectivity index (χ1v) is 12.2. The maximum atomic E-state index is 12.1. The van der Waals surface area contributed by atoms with Crippen molar-refractivity contribution < 1.29 is 28.5 Å². The fourth-order valence-electron chi connectivity index (χ4n) is 4.28. The lowest BCUT2D eigenvalue weighted by molar-refractivity contribution is 0.414. The van der Waals surface area contributed by atoms with Gasteiger partial charge in [0.05, 0.1) is 19.8 Å². The Morgan fingerprint density at radius 3 is 1.80 bits per heavy atom. The minimum absolute atomic E-state index is 0.0755. The summed E-state index contributed by atoms with van der Waals surface area (Å²) < 4.78 is 21.8. The zero-order chi connectivity index (χ0) is 28.2. The number of phenolic OH excluding ortho intramolecular Hbond substituents is 2. The predicted octanol–water partition coefficient (Wildman–Crippen LogP) is 6.35. The summed E-state index contributed by atoms with van der Waals surface area (Å²) in [6, 6.07) is 26.8. The minimum atomic E-state index is -0.287. The Balaban J connectivity index is 0.000000161. The monoisotopic (exact) mass is 536 g/mol. The molecular formula is C32H24O8. The first kappa shape index (κ1) is 26.1. The van der Waals surface area contributed by atoms with E-state index in [1.54, 1.807) is 50.6 Å². The summed E-state index contributed by atoms with van der Waals surface area (Å²) in [5.41, 5.74) is 1.57. The molecule has 6 rings (SSSR count). The number of methoxy groups -OCH3 is 2. The molecule has 0 saturated heterocycles. The quantitative estimate of drug-likeness (QED) is 0.268. The number of hydrogen-bond donors (Lipinski definition) is 2. The molecule has 0 aliphatic carbocycles. The normalized spacial score (nSPS) is 10.7. The fraction of sp³-hybridized carbons (Fsp3) is 0.0625. The lowest BCUT2D eigenvalue weighted by Crippen LogP contribution is -2.01. The van der Waals surface area contributed by atoms with Crippen LogP contribution in [0.1, 0.15) is 0 Å². The largest absolute Gasteiger partial charge is 0.507 e. The summed E-state index contributed by atoms with van der Waals surface area (Å²) in [6.07, 6.45) is 0. The summed E-state index contributed by atoms with van der Waals surface area (Å²) in [5.74, 6) is 1.99. The van der Waals surface area contributed by atoms with Crippen molar-refractivity contribution in [3.63, 3.8) is 0 Å². The first-order valence-electron chi connectivity index (χ1n) is 12.2. The van der Waals surface area contributed by atoms with Crippen LogP contribution in [-0.4, -0.2) is 24.4 Å². The molecule has 8 heteroatoms. The third kappa shape index (κ3) is 5.10. The number of benzene rings is 4. The summed E-state index contributed by atoms with van der Waals surface area (Å²) in [7, 11) is 3.14. The van der Waals surface area contributed by atoms with Crippen molar-refractivity contribution in [2.24, 2.45) is 0 Å². The molecule has 200 valence electrons. The molecule has 4 aromatic carbocycles. The third-order valence-electron chi connectivity index (χ3n) is 6.19. The van der Waals surface area contributed by atoms with Gasteiger partial charge < -0.3 is 28.5 Å². The molecule has 0 aliphatic rings. The number of rotatable bonds is 4. The summed E-state index contributed by atoms with van der Waals surface area (Å²) in [6.45, 7) is 0. The van der Waals surface area contributed by atoms with Gasteiger partial charge in [0.25, 0.3) is 0 Å². The standard InChI is InChI=1S/2C16H12O4/c1-19-11-5-2-4-10(8-11)15-9-13(18)16-12(17)6-3-7-14(16)20-15;1-19-13-7-3-2-5-10(13)15-9-12(18)16-11(17)6-4-8-14(16)20-15/h2*2-9,17H,1H3. The number of fused-ring (bicyclic) bond motifs is 2. The van der Waals surface area contributed by atoms with Crippen molar-refractivity contribution in [1.82, 2.24) is 0 Å². The van der Waals surface area contributed by atoms with Gasteiger partial charge in [0, 0.05) is 17.7 Å². The molecule has 0 aliphatic heterocycles. The molecule has 0 spiro atoms. The van der Waals surface area contributed by atoms with E-state index in [0.717, 1.165) is 5.56 Å². The van der Waals surface area contributed by atoms with Gasteiger partial charge in [-0.1, -0.05) is 36.4 Å². The Morgan fingerprint density at radius 2 is 1.18 bits per heavy atom. The van der Waals surface area contributed by atoms with E-state index in [2.05, 4.69) is 0 Å². The number of hydrogen-bond acceptors (Lipinski definition) is 8. The van der Waals surface area contributed by atoms with Crippen molar-refractivity contribution >= 4 is 21.9 Å². The average Bonchev–Trinajstić information content (AvgIpc) is 2.97. The van der Waals surface area contributed by atoms with Crippen LogP contribution in [0.2, 0.25) is 0 Å². The molecule has 6 aromatic rings. The van der Waals surface area contributed by atoms with E-state index in [0.29, 0.717) is 39.7 Å². The molecule has 2 heterocycles. The highest BCUT2D eigenvalue weighted by Gasteiger charge is 2.13. The van der Waals surface area contributed by atoms with E-state index in [1.165, 1.54) is 24.3 Å². The molecule has 0 amide bonds. The van der Waals surface area contributed by atoms with Crippen LogP contribution in [0.3, 0.4) is 0 Å². The molecular weight excluding hydrogens is 512 g/mol. The molecule has 0 bridgehead atoms. The highest BCUT2D eigenvalue weighted by molar-refractivity contribution is 5.85. The summed E-state index contributed by atoms with van der Waals surface area (Å²) >= 11 is 0. The molecule has 0 unspecified atom stereocenters. The lowest BCUT2D eigenvalue weighted by atomic mass is 10.1. The van der Waals surface area contributed by atoms with Crippen LogP contribution in [0.5, 0.6) is 23.0 Å². The highest BCUT2D eigenvalue weighted by atomic mass is 16.5. The second-order valence-electron chi connectivity index (χ2n) is 8.68. The zero-order valence-corrected chi connectivity index (χ0v) is 21.6. The zero-order valence-electron chi connectivity index (χ0n) is 21.6. The van der Waals surface area contributed by atoms with Crippen LogP contribution >= 0.6 is 0 Å². The number of aromatic hydroxyl groups is 2. The Morgan fingerprint density at radius 1 is 0.600 bits per heavy atom. The molecule has 0 fully saturated rings. The van der Waals surface area contributed by atoms with Gasteiger partial charge in [0.2, 0.25) is 0 Å². The third-order valence-corrected chi connectivity index (χ3v) is 6.19. The van der Waals surface area contributed by atoms with Gasteiger partial charge in [-0.15, -0.1) is 0 Å². The number of ether oxygens (including phenoxy) is 2. The Labute approximate surface area is 227 Å². The maximum absolute atomic E-state index is 12.1. The van der Waals surface area contributed by atoms with E-state index in [-0.39, 0.29) is 33.1 Å².